The summed E-state index contributed by atoms with van der Waals surface area (Å²) < 4.78 is 1.80. The molecular weight excluding hydrogens is 288 g/mol. The minimum Gasteiger partial charge on any atom is -0.378 e. The Morgan fingerprint density at radius 2 is 1.91 bits per heavy atom. The first-order valence-electron chi connectivity index (χ1n) is 7.61. The zero-order chi connectivity index (χ0) is 16.6. The maximum absolute atomic E-state index is 4.48. The van der Waals surface area contributed by atoms with Gasteiger partial charge in [-0.05, 0) is 31.5 Å². The molecule has 2 aromatic heterocycles. The van der Waals surface area contributed by atoms with Gasteiger partial charge in [0.05, 0.1) is 0 Å². The quantitative estimate of drug-likeness (QED) is 0.741. The normalized spacial score (nSPS) is 11.0. The molecule has 3 aromatic rings. The van der Waals surface area contributed by atoms with E-state index in [2.05, 4.69) is 77.2 Å². The molecule has 0 spiro atoms. The molecule has 0 N–H and O–H groups in total. The third kappa shape index (κ3) is 2.84. The smallest absolute Gasteiger partial charge is 0.254 e. The number of hydrogen-bond donors (Lipinski definition) is 0. The maximum Gasteiger partial charge on any atom is 0.254 e. The van der Waals surface area contributed by atoms with Gasteiger partial charge in [0.1, 0.15) is 12.1 Å². The van der Waals surface area contributed by atoms with Crippen LogP contribution in [0.2, 0.25) is 0 Å². The molecule has 0 saturated carbocycles. The zero-order valence-corrected chi connectivity index (χ0v) is 14.3. The third-order valence-electron chi connectivity index (χ3n) is 4.08. The van der Waals surface area contributed by atoms with Gasteiger partial charge in [-0.1, -0.05) is 12.1 Å². The molecule has 6 nitrogen and oxygen atoms in total. The lowest BCUT2D eigenvalue weighted by Crippen LogP contribution is -2.22. The number of anilines is 2. The molecule has 0 saturated heterocycles. The predicted octanol–water partition coefficient (Wildman–Crippen LogP) is 2.44. The first kappa shape index (κ1) is 15.3. The second-order valence-corrected chi connectivity index (χ2v) is 6.04. The van der Waals surface area contributed by atoms with Gasteiger partial charge in [0.25, 0.3) is 5.78 Å². The first-order valence-corrected chi connectivity index (χ1v) is 7.61. The Morgan fingerprint density at radius 1 is 1.13 bits per heavy atom. The highest BCUT2D eigenvalue weighted by molar-refractivity contribution is 5.54. The van der Waals surface area contributed by atoms with Crippen molar-refractivity contribution in [1.82, 2.24) is 19.6 Å². The molecule has 0 bridgehead atoms. The summed E-state index contributed by atoms with van der Waals surface area (Å²) in [6.07, 6.45) is 1.55. The molecule has 120 valence electrons. The molecule has 0 amide bonds. The Bertz CT molecular complexity index is 836. The number of rotatable bonds is 4. The Kier molecular flexibility index (Phi) is 3.90. The molecule has 0 radical (unpaired) electrons. The molecule has 6 heteroatoms. The van der Waals surface area contributed by atoms with Gasteiger partial charge >= 0.3 is 0 Å². The summed E-state index contributed by atoms with van der Waals surface area (Å²) in [6.45, 7) is 4.88. The molecule has 0 fully saturated rings. The second kappa shape index (κ2) is 5.87. The predicted molar refractivity (Wildman–Crippen MR) is 93.1 cm³/mol. The molecular formula is C17H22N6. The molecule has 1 aromatic carbocycles. The summed E-state index contributed by atoms with van der Waals surface area (Å²) in [5.74, 6) is 1.66. The van der Waals surface area contributed by atoms with Crippen LogP contribution in [0, 0.1) is 13.8 Å². The highest BCUT2D eigenvalue weighted by atomic mass is 15.4. The van der Waals surface area contributed by atoms with E-state index in [1.165, 1.54) is 11.3 Å². The summed E-state index contributed by atoms with van der Waals surface area (Å²) in [6, 6.07) is 8.55. The molecule has 0 aliphatic rings. The second-order valence-electron chi connectivity index (χ2n) is 6.04. The molecule has 3 rings (SSSR count). The Morgan fingerprint density at radius 3 is 2.65 bits per heavy atom. The van der Waals surface area contributed by atoms with Crippen LogP contribution in [-0.2, 0) is 6.54 Å². The molecule has 0 atom stereocenters. The van der Waals surface area contributed by atoms with E-state index < -0.39 is 0 Å². The molecule has 0 aliphatic carbocycles. The summed E-state index contributed by atoms with van der Waals surface area (Å²) in [5, 5.41) is 4.32. The highest BCUT2D eigenvalue weighted by Gasteiger charge is 2.15. The fraction of sp³-hybridized carbons (Fsp3) is 0.353. The van der Waals surface area contributed by atoms with Crippen LogP contribution < -0.4 is 9.80 Å². The van der Waals surface area contributed by atoms with Crippen LogP contribution in [0.4, 0.5) is 11.5 Å². The van der Waals surface area contributed by atoms with Gasteiger partial charge in [-0.2, -0.15) is 14.6 Å². The zero-order valence-electron chi connectivity index (χ0n) is 14.3. The number of nitrogens with zero attached hydrogens (tertiary/aromatic N) is 6. The van der Waals surface area contributed by atoms with Crippen molar-refractivity contribution in [2.24, 2.45) is 0 Å². The lowest BCUT2D eigenvalue weighted by Gasteiger charge is -2.23. The third-order valence-corrected chi connectivity index (χ3v) is 4.08. The van der Waals surface area contributed by atoms with Crippen molar-refractivity contribution in [3.63, 3.8) is 0 Å². The summed E-state index contributed by atoms with van der Waals surface area (Å²) in [5.41, 5.74) is 4.55. The van der Waals surface area contributed by atoms with Crippen LogP contribution in [-0.4, -0.2) is 40.7 Å². The van der Waals surface area contributed by atoms with E-state index in [1.807, 2.05) is 6.92 Å². The van der Waals surface area contributed by atoms with E-state index in [4.69, 9.17) is 0 Å². The van der Waals surface area contributed by atoms with Gasteiger partial charge in [0, 0.05) is 44.6 Å². The van der Waals surface area contributed by atoms with E-state index in [0.717, 1.165) is 23.6 Å². The first-order chi connectivity index (χ1) is 11.0. The Labute approximate surface area is 136 Å². The monoisotopic (exact) mass is 310 g/mol. The van der Waals surface area contributed by atoms with Crippen LogP contribution in [0.1, 0.15) is 16.8 Å². The fourth-order valence-corrected chi connectivity index (χ4v) is 2.75. The van der Waals surface area contributed by atoms with Gasteiger partial charge in [0.15, 0.2) is 0 Å². The van der Waals surface area contributed by atoms with Gasteiger partial charge in [-0.3, -0.25) is 0 Å². The van der Waals surface area contributed by atoms with Crippen LogP contribution >= 0.6 is 0 Å². The topological polar surface area (TPSA) is 49.6 Å². The number of hydrogen-bond acceptors (Lipinski definition) is 5. The SMILES string of the molecule is Cc1nc2ncnn2c(N(C)Cc2cccc(N(C)C)c2)c1C. The van der Waals surface area contributed by atoms with Crippen molar-refractivity contribution in [1.29, 1.82) is 0 Å². The van der Waals surface area contributed by atoms with Crippen LogP contribution in [0.3, 0.4) is 0 Å². The molecule has 0 aliphatic heterocycles. The number of aromatic nitrogens is 4. The number of fused-ring (bicyclic) bond motifs is 1. The van der Waals surface area contributed by atoms with E-state index >= 15 is 0 Å². The number of aryl methyl sites for hydroxylation is 1. The van der Waals surface area contributed by atoms with E-state index in [-0.39, 0.29) is 0 Å². The standard InChI is InChI=1S/C17H22N6/c1-12-13(2)20-17-18-11-19-23(17)16(12)22(5)10-14-7-6-8-15(9-14)21(3)4/h6-9,11H,10H2,1-5H3. The summed E-state index contributed by atoms with van der Waals surface area (Å²) >= 11 is 0. The largest absolute Gasteiger partial charge is 0.378 e. The van der Waals surface area contributed by atoms with E-state index in [1.54, 1.807) is 10.8 Å². The highest BCUT2D eigenvalue weighted by Crippen LogP contribution is 2.23. The summed E-state index contributed by atoms with van der Waals surface area (Å²) in [7, 11) is 6.18. The minimum atomic E-state index is 0.636. The summed E-state index contributed by atoms with van der Waals surface area (Å²) in [4.78, 5) is 13.0. The van der Waals surface area contributed by atoms with Crippen molar-refractivity contribution < 1.29 is 0 Å². The number of benzene rings is 1. The lowest BCUT2D eigenvalue weighted by atomic mass is 10.1. The fourth-order valence-electron chi connectivity index (χ4n) is 2.75. The van der Waals surface area contributed by atoms with Crippen LogP contribution in [0.25, 0.3) is 5.78 Å². The van der Waals surface area contributed by atoms with Gasteiger partial charge in [-0.15, -0.1) is 0 Å². The van der Waals surface area contributed by atoms with Crippen molar-refractivity contribution in [2.45, 2.75) is 20.4 Å². The average Bonchev–Trinajstić information content (AvgIpc) is 2.96. The molecule has 23 heavy (non-hydrogen) atoms. The van der Waals surface area contributed by atoms with E-state index in [9.17, 15) is 0 Å². The van der Waals surface area contributed by atoms with Gasteiger partial charge in [0.2, 0.25) is 0 Å². The Balaban J connectivity index is 1.98. The van der Waals surface area contributed by atoms with Crippen molar-refractivity contribution in [2.75, 3.05) is 30.9 Å². The minimum absolute atomic E-state index is 0.636. The van der Waals surface area contributed by atoms with Gasteiger partial charge in [-0.25, -0.2) is 4.98 Å². The molecule has 2 heterocycles. The average molecular weight is 310 g/mol. The van der Waals surface area contributed by atoms with Crippen LogP contribution in [0.15, 0.2) is 30.6 Å². The van der Waals surface area contributed by atoms with E-state index in [0.29, 0.717) is 5.78 Å². The maximum atomic E-state index is 4.48. The van der Waals surface area contributed by atoms with Crippen molar-refractivity contribution in [3.8, 4) is 0 Å². The van der Waals surface area contributed by atoms with Crippen LogP contribution in [0.5, 0.6) is 0 Å². The lowest BCUT2D eigenvalue weighted by molar-refractivity contribution is 0.817. The van der Waals surface area contributed by atoms with Crippen molar-refractivity contribution in [3.05, 3.63) is 47.4 Å². The van der Waals surface area contributed by atoms with Gasteiger partial charge < -0.3 is 9.80 Å². The van der Waals surface area contributed by atoms with Crippen molar-refractivity contribution >= 4 is 17.3 Å². The Hall–Kier alpha value is -2.63. The molecule has 0 unspecified atom stereocenters.